The van der Waals surface area contributed by atoms with Crippen LogP contribution in [0.2, 0.25) is 0 Å². The first kappa shape index (κ1) is 14.1. The van der Waals surface area contributed by atoms with Crippen LogP contribution in [-0.4, -0.2) is 21.3 Å². The Balaban J connectivity index is 2.08. The highest BCUT2D eigenvalue weighted by Gasteiger charge is 2.20. The standard InChI is InChI=1S/C14H12BrNO2S/c15-11-6-7-13(16-9-11)19-12(14(17)18)8-10-4-2-1-3-5-10/h1-7,9,12H,8H2,(H,17,18). The fraction of sp³-hybridized carbons (Fsp3) is 0.143. The normalized spacial score (nSPS) is 12.1. The monoisotopic (exact) mass is 337 g/mol. The van der Waals surface area contributed by atoms with Gasteiger partial charge in [0.25, 0.3) is 0 Å². The number of hydrogen-bond donors (Lipinski definition) is 1. The molecule has 1 aromatic carbocycles. The first-order chi connectivity index (χ1) is 9.15. The first-order valence-electron chi connectivity index (χ1n) is 5.70. The van der Waals surface area contributed by atoms with Crippen LogP contribution in [0.15, 0.2) is 58.2 Å². The zero-order valence-corrected chi connectivity index (χ0v) is 12.4. The number of carbonyl (C=O) groups is 1. The van der Waals surface area contributed by atoms with Crippen LogP contribution in [0.3, 0.4) is 0 Å². The van der Waals surface area contributed by atoms with Crippen molar-refractivity contribution in [2.24, 2.45) is 0 Å². The van der Waals surface area contributed by atoms with E-state index in [1.807, 2.05) is 42.5 Å². The molecular weight excluding hydrogens is 326 g/mol. The molecule has 0 amide bonds. The Labute approximate surface area is 124 Å². The van der Waals surface area contributed by atoms with E-state index < -0.39 is 11.2 Å². The van der Waals surface area contributed by atoms with Crippen molar-refractivity contribution < 1.29 is 9.90 Å². The van der Waals surface area contributed by atoms with E-state index in [-0.39, 0.29) is 0 Å². The summed E-state index contributed by atoms with van der Waals surface area (Å²) in [5.41, 5.74) is 1.01. The van der Waals surface area contributed by atoms with E-state index in [4.69, 9.17) is 0 Å². The van der Waals surface area contributed by atoms with Crippen LogP contribution in [-0.2, 0) is 11.2 Å². The summed E-state index contributed by atoms with van der Waals surface area (Å²) >= 11 is 4.58. The number of hydrogen-bond acceptors (Lipinski definition) is 3. The molecule has 2 rings (SSSR count). The molecule has 0 saturated heterocycles. The Morgan fingerprint density at radius 2 is 2.00 bits per heavy atom. The molecule has 0 aliphatic carbocycles. The second-order valence-corrected chi connectivity index (χ2v) is 6.09. The number of nitrogens with zero attached hydrogens (tertiary/aromatic N) is 1. The van der Waals surface area contributed by atoms with Gasteiger partial charge in [0.15, 0.2) is 0 Å². The quantitative estimate of drug-likeness (QED) is 0.846. The minimum atomic E-state index is -0.821. The van der Waals surface area contributed by atoms with Crippen LogP contribution in [0.25, 0.3) is 0 Å². The number of aromatic nitrogens is 1. The molecule has 0 bridgehead atoms. The maximum absolute atomic E-state index is 11.3. The summed E-state index contributed by atoms with van der Waals surface area (Å²) in [5.74, 6) is -0.821. The zero-order chi connectivity index (χ0) is 13.7. The van der Waals surface area contributed by atoms with Gasteiger partial charge in [-0.15, -0.1) is 0 Å². The van der Waals surface area contributed by atoms with Crippen LogP contribution in [0.1, 0.15) is 5.56 Å². The fourth-order valence-corrected chi connectivity index (χ4v) is 2.75. The predicted octanol–water partition coefficient (Wildman–Crippen LogP) is 3.63. The zero-order valence-electron chi connectivity index (χ0n) is 9.99. The average Bonchev–Trinajstić information content (AvgIpc) is 2.41. The second kappa shape index (κ2) is 6.73. The molecule has 0 aliphatic heterocycles. The van der Waals surface area contributed by atoms with E-state index in [9.17, 15) is 9.90 Å². The summed E-state index contributed by atoms with van der Waals surface area (Å²) in [6, 6.07) is 13.3. The number of carboxylic acids is 1. The Morgan fingerprint density at radius 3 is 2.58 bits per heavy atom. The van der Waals surface area contributed by atoms with Crippen LogP contribution in [0, 0.1) is 0 Å². The molecular formula is C14H12BrNO2S. The number of thioether (sulfide) groups is 1. The minimum absolute atomic E-state index is 0.485. The van der Waals surface area contributed by atoms with Gasteiger partial charge in [-0.05, 0) is 40.0 Å². The maximum Gasteiger partial charge on any atom is 0.317 e. The van der Waals surface area contributed by atoms with Crippen molar-refractivity contribution in [2.75, 3.05) is 0 Å². The largest absolute Gasteiger partial charge is 0.480 e. The molecule has 1 heterocycles. The highest BCUT2D eigenvalue weighted by molar-refractivity contribution is 9.10. The van der Waals surface area contributed by atoms with Gasteiger partial charge in [0.1, 0.15) is 5.25 Å². The lowest BCUT2D eigenvalue weighted by Crippen LogP contribution is -2.19. The van der Waals surface area contributed by atoms with Gasteiger partial charge in [0.2, 0.25) is 0 Å². The van der Waals surface area contributed by atoms with E-state index in [0.29, 0.717) is 11.4 Å². The third-order valence-corrected chi connectivity index (χ3v) is 4.11. The topological polar surface area (TPSA) is 50.2 Å². The SMILES string of the molecule is O=C(O)C(Cc1ccccc1)Sc1ccc(Br)cn1. The predicted molar refractivity (Wildman–Crippen MR) is 79.4 cm³/mol. The van der Waals surface area contributed by atoms with Crippen LogP contribution in [0.4, 0.5) is 0 Å². The van der Waals surface area contributed by atoms with E-state index >= 15 is 0 Å². The highest BCUT2D eigenvalue weighted by Crippen LogP contribution is 2.25. The molecule has 1 aromatic heterocycles. The molecule has 0 saturated carbocycles. The summed E-state index contributed by atoms with van der Waals surface area (Å²) in [5, 5.41) is 9.48. The molecule has 0 spiro atoms. The number of rotatable bonds is 5. The molecule has 5 heteroatoms. The molecule has 2 aromatic rings. The maximum atomic E-state index is 11.3. The summed E-state index contributed by atoms with van der Waals surface area (Å²) < 4.78 is 0.881. The Hall–Kier alpha value is -1.33. The minimum Gasteiger partial charge on any atom is -0.480 e. The molecule has 1 N–H and O–H groups in total. The first-order valence-corrected chi connectivity index (χ1v) is 7.37. The van der Waals surface area contributed by atoms with Crippen molar-refractivity contribution in [2.45, 2.75) is 16.7 Å². The van der Waals surface area contributed by atoms with Gasteiger partial charge in [-0.2, -0.15) is 0 Å². The van der Waals surface area contributed by atoms with Crippen molar-refractivity contribution in [1.82, 2.24) is 4.98 Å². The Bertz CT molecular complexity index is 545. The number of benzene rings is 1. The summed E-state index contributed by atoms with van der Waals surface area (Å²) in [4.78, 5) is 15.5. The van der Waals surface area contributed by atoms with Gasteiger partial charge >= 0.3 is 5.97 Å². The van der Waals surface area contributed by atoms with Crippen LogP contribution < -0.4 is 0 Å². The summed E-state index contributed by atoms with van der Waals surface area (Å²) in [6.07, 6.45) is 2.16. The average molecular weight is 338 g/mol. The number of pyridine rings is 1. The Kier molecular flexibility index (Phi) is 4.99. The lowest BCUT2D eigenvalue weighted by molar-refractivity contribution is -0.136. The third kappa shape index (κ3) is 4.36. The van der Waals surface area contributed by atoms with Crippen molar-refractivity contribution in [1.29, 1.82) is 0 Å². The van der Waals surface area contributed by atoms with Crippen molar-refractivity contribution >= 4 is 33.7 Å². The van der Waals surface area contributed by atoms with Gasteiger partial charge in [-0.1, -0.05) is 42.1 Å². The van der Waals surface area contributed by atoms with E-state index in [2.05, 4.69) is 20.9 Å². The van der Waals surface area contributed by atoms with E-state index in [1.54, 1.807) is 6.20 Å². The van der Waals surface area contributed by atoms with Crippen LogP contribution in [0.5, 0.6) is 0 Å². The van der Waals surface area contributed by atoms with Crippen molar-refractivity contribution in [3.05, 3.63) is 58.7 Å². The summed E-state index contributed by atoms with van der Waals surface area (Å²) in [6.45, 7) is 0. The molecule has 0 aliphatic rings. The molecule has 0 fully saturated rings. The van der Waals surface area contributed by atoms with E-state index in [0.717, 1.165) is 10.0 Å². The van der Waals surface area contributed by atoms with Gasteiger partial charge in [-0.3, -0.25) is 4.79 Å². The van der Waals surface area contributed by atoms with Gasteiger partial charge in [0, 0.05) is 10.7 Å². The number of halogens is 1. The van der Waals surface area contributed by atoms with Gasteiger partial charge in [-0.25, -0.2) is 4.98 Å². The van der Waals surface area contributed by atoms with Gasteiger partial charge < -0.3 is 5.11 Å². The Morgan fingerprint density at radius 1 is 1.26 bits per heavy atom. The molecule has 98 valence electrons. The molecule has 0 radical (unpaired) electrons. The molecule has 19 heavy (non-hydrogen) atoms. The second-order valence-electron chi connectivity index (χ2n) is 3.95. The van der Waals surface area contributed by atoms with E-state index in [1.165, 1.54) is 11.8 Å². The molecule has 1 unspecified atom stereocenters. The molecule has 1 atom stereocenters. The molecule has 3 nitrogen and oxygen atoms in total. The smallest absolute Gasteiger partial charge is 0.317 e. The lowest BCUT2D eigenvalue weighted by atomic mass is 10.1. The fourth-order valence-electron chi connectivity index (χ4n) is 1.59. The van der Waals surface area contributed by atoms with Crippen molar-refractivity contribution in [3.63, 3.8) is 0 Å². The lowest BCUT2D eigenvalue weighted by Gasteiger charge is -2.11. The van der Waals surface area contributed by atoms with Gasteiger partial charge in [0.05, 0.1) is 5.03 Å². The number of carboxylic acid groups (broad SMARTS) is 1. The third-order valence-electron chi connectivity index (χ3n) is 2.50. The summed E-state index contributed by atoms with van der Waals surface area (Å²) in [7, 11) is 0. The van der Waals surface area contributed by atoms with Crippen LogP contribution >= 0.6 is 27.7 Å². The highest BCUT2D eigenvalue weighted by atomic mass is 79.9. The number of aliphatic carboxylic acids is 1. The van der Waals surface area contributed by atoms with Crippen molar-refractivity contribution in [3.8, 4) is 0 Å².